The Morgan fingerprint density at radius 2 is 2.24 bits per heavy atom. The molecule has 1 rings (SSSR count). The average molecular weight is 235 g/mol. The highest BCUT2D eigenvalue weighted by Crippen LogP contribution is 2.18. The third kappa shape index (κ3) is 4.88. The van der Waals surface area contributed by atoms with E-state index in [9.17, 15) is 4.39 Å². The Bertz CT molecular complexity index is 396. The lowest BCUT2D eigenvalue weighted by Crippen LogP contribution is -2.19. The van der Waals surface area contributed by atoms with Crippen LogP contribution in [0.25, 0.3) is 0 Å². The highest BCUT2D eigenvalue weighted by Gasteiger charge is 2.04. The Morgan fingerprint density at radius 1 is 1.47 bits per heavy atom. The molecule has 0 aromatic heterocycles. The van der Waals surface area contributed by atoms with Crippen molar-refractivity contribution in [3.05, 3.63) is 29.6 Å². The molecule has 1 aromatic carbocycles. The van der Waals surface area contributed by atoms with Crippen LogP contribution in [0.1, 0.15) is 19.4 Å². The van der Waals surface area contributed by atoms with E-state index >= 15 is 0 Å². The van der Waals surface area contributed by atoms with Crippen molar-refractivity contribution in [1.29, 1.82) is 0 Å². The zero-order chi connectivity index (χ0) is 12.7. The van der Waals surface area contributed by atoms with Crippen LogP contribution in [-0.4, -0.2) is 13.2 Å². The Labute approximate surface area is 102 Å². The van der Waals surface area contributed by atoms with Crippen molar-refractivity contribution >= 4 is 0 Å². The quantitative estimate of drug-likeness (QED) is 0.765. The lowest BCUT2D eigenvalue weighted by molar-refractivity contribution is 0.348. The number of rotatable bonds is 6. The second kappa shape index (κ2) is 6.93. The van der Waals surface area contributed by atoms with E-state index < -0.39 is 0 Å². The fourth-order valence-corrected chi connectivity index (χ4v) is 1.40. The fraction of sp³-hybridized carbons (Fsp3) is 0.429. The highest BCUT2D eigenvalue weighted by atomic mass is 19.1. The van der Waals surface area contributed by atoms with Crippen molar-refractivity contribution in [3.63, 3.8) is 0 Å². The van der Waals surface area contributed by atoms with E-state index in [0.29, 0.717) is 12.5 Å². The van der Waals surface area contributed by atoms with E-state index in [1.165, 1.54) is 6.07 Å². The van der Waals surface area contributed by atoms with Gasteiger partial charge in [-0.3, -0.25) is 0 Å². The third-order valence-electron chi connectivity index (χ3n) is 2.19. The number of ether oxygens (including phenoxy) is 1. The predicted molar refractivity (Wildman–Crippen MR) is 67.3 cm³/mol. The van der Waals surface area contributed by atoms with Gasteiger partial charge in [-0.25, -0.2) is 4.39 Å². The second-order valence-corrected chi connectivity index (χ2v) is 4.28. The standard InChI is InChI=1S/C14H18FNO/c1-4-7-17-14-6-5-12(8-13(14)15)10-16-9-11(2)3/h1,5-6,8,11,16H,7,9-10H2,2-3H3. The number of benzene rings is 1. The summed E-state index contributed by atoms with van der Waals surface area (Å²) in [5.41, 5.74) is 0.899. The summed E-state index contributed by atoms with van der Waals surface area (Å²) in [6, 6.07) is 4.92. The first-order valence-corrected chi connectivity index (χ1v) is 5.69. The summed E-state index contributed by atoms with van der Waals surface area (Å²) in [6.45, 7) is 5.91. The van der Waals surface area contributed by atoms with Crippen molar-refractivity contribution in [2.24, 2.45) is 5.92 Å². The van der Waals surface area contributed by atoms with Gasteiger partial charge in [0.1, 0.15) is 6.61 Å². The van der Waals surface area contributed by atoms with Crippen LogP contribution in [0.3, 0.4) is 0 Å². The largest absolute Gasteiger partial charge is 0.478 e. The van der Waals surface area contributed by atoms with Gasteiger partial charge in [-0.15, -0.1) is 6.42 Å². The lowest BCUT2D eigenvalue weighted by atomic mass is 10.2. The van der Waals surface area contributed by atoms with E-state index in [1.807, 2.05) is 6.07 Å². The Balaban J connectivity index is 2.53. The molecule has 1 N–H and O–H groups in total. The van der Waals surface area contributed by atoms with Crippen molar-refractivity contribution in [1.82, 2.24) is 5.32 Å². The molecule has 0 spiro atoms. The molecule has 0 heterocycles. The maximum Gasteiger partial charge on any atom is 0.165 e. The van der Waals surface area contributed by atoms with Crippen LogP contribution < -0.4 is 10.1 Å². The Kier molecular flexibility index (Phi) is 5.51. The number of halogens is 1. The molecular formula is C14H18FNO. The van der Waals surface area contributed by atoms with Gasteiger partial charge in [0.15, 0.2) is 11.6 Å². The van der Waals surface area contributed by atoms with Gasteiger partial charge in [0.05, 0.1) is 0 Å². The van der Waals surface area contributed by atoms with Crippen molar-refractivity contribution in [3.8, 4) is 18.1 Å². The zero-order valence-corrected chi connectivity index (χ0v) is 10.3. The molecule has 0 aliphatic heterocycles. The number of hydrogen-bond donors (Lipinski definition) is 1. The van der Waals surface area contributed by atoms with Crippen molar-refractivity contribution < 1.29 is 9.13 Å². The predicted octanol–water partition coefficient (Wildman–Crippen LogP) is 2.58. The van der Waals surface area contributed by atoms with Crippen LogP contribution in [0.4, 0.5) is 4.39 Å². The van der Waals surface area contributed by atoms with Gasteiger partial charge in [-0.2, -0.15) is 0 Å². The van der Waals surface area contributed by atoms with Gasteiger partial charge >= 0.3 is 0 Å². The SMILES string of the molecule is C#CCOc1ccc(CNCC(C)C)cc1F. The molecule has 0 amide bonds. The molecule has 0 radical (unpaired) electrons. The first-order valence-electron chi connectivity index (χ1n) is 5.69. The van der Waals surface area contributed by atoms with Crippen LogP contribution in [0.2, 0.25) is 0 Å². The molecule has 0 unspecified atom stereocenters. The number of hydrogen-bond acceptors (Lipinski definition) is 2. The summed E-state index contributed by atoms with van der Waals surface area (Å²) in [7, 11) is 0. The molecule has 0 saturated carbocycles. The molecule has 0 aliphatic rings. The summed E-state index contributed by atoms with van der Waals surface area (Å²) in [5.74, 6) is 2.72. The minimum absolute atomic E-state index is 0.0852. The topological polar surface area (TPSA) is 21.3 Å². The van der Waals surface area contributed by atoms with Crippen LogP contribution in [0.5, 0.6) is 5.75 Å². The van der Waals surface area contributed by atoms with Gasteiger partial charge in [-0.1, -0.05) is 25.8 Å². The van der Waals surface area contributed by atoms with E-state index in [0.717, 1.165) is 12.1 Å². The summed E-state index contributed by atoms with van der Waals surface area (Å²) in [6.07, 6.45) is 5.04. The average Bonchev–Trinajstić information content (AvgIpc) is 2.27. The molecule has 92 valence electrons. The molecule has 0 saturated heterocycles. The summed E-state index contributed by atoms with van der Waals surface area (Å²) >= 11 is 0. The molecule has 3 heteroatoms. The molecule has 2 nitrogen and oxygen atoms in total. The molecule has 0 aliphatic carbocycles. The van der Waals surface area contributed by atoms with Gasteiger partial charge in [0.2, 0.25) is 0 Å². The minimum Gasteiger partial charge on any atom is -0.478 e. The van der Waals surface area contributed by atoms with E-state index in [2.05, 4.69) is 25.1 Å². The smallest absolute Gasteiger partial charge is 0.165 e. The molecule has 0 fully saturated rings. The van der Waals surface area contributed by atoms with Crippen LogP contribution in [-0.2, 0) is 6.54 Å². The maximum atomic E-state index is 13.5. The molecule has 0 atom stereocenters. The number of terminal acetylenes is 1. The van der Waals surface area contributed by atoms with E-state index in [4.69, 9.17) is 11.2 Å². The summed E-state index contributed by atoms with van der Waals surface area (Å²) in [5, 5.41) is 3.25. The first kappa shape index (κ1) is 13.5. The monoisotopic (exact) mass is 235 g/mol. The fourth-order valence-electron chi connectivity index (χ4n) is 1.40. The summed E-state index contributed by atoms with van der Waals surface area (Å²) in [4.78, 5) is 0. The second-order valence-electron chi connectivity index (χ2n) is 4.28. The highest BCUT2D eigenvalue weighted by molar-refractivity contribution is 5.29. The summed E-state index contributed by atoms with van der Waals surface area (Å²) < 4.78 is 18.6. The Morgan fingerprint density at radius 3 is 2.82 bits per heavy atom. The van der Waals surface area contributed by atoms with Crippen LogP contribution in [0.15, 0.2) is 18.2 Å². The third-order valence-corrected chi connectivity index (χ3v) is 2.19. The van der Waals surface area contributed by atoms with Gasteiger partial charge in [-0.05, 0) is 30.2 Å². The van der Waals surface area contributed by atoms with Crippen molar-refractivity contribution in [2.75, 3.05) is 13.2 Å². The zero-order valence-electron chi connectivity index (χ0n) is 10.3. The van der Waals surface area contributed by atoms with Crippen LogP contribution in [0, 0.1) is 24.1 Å². The molecule has 17 heavy (non-hydrogen) atoms. The first-order chi connectivity index (χ1) is 8.13. The van der Waals surface area contributed by atoms with Gasteiger partial charge in [0.25, 0.3) is 0 Å². The maximum absolute atomic E-state index is 13.5. The Hall–Kier alpha value is -1.53. The number of nitrogens with one attached hydrogen (secondary N) is 1. The van der Waals surface area contributed by atoms with Gasteiger partial charge in [0, 0.05) is 6.54 Å². The van der Waals surface area contributed by atoms with E-state index in [1.54, 1.807) is 6.07 Å². The van der Waals surface area contributed by atoms with Crippen LogP contribution >= 0.6 is 0 Å². The molecule has 0 bridgehead atoms. The molecular weight excluding hydrogens is 217 g/mol. The normalized spacial score (nSPS) is 10.3. The van der Waals surface area contributed by atoms with E-state index in [-0.39, 0.29) is 18.2 Å². The molecule has 1 aromatic rings. The lowest BCUT2D eigenvalue weighted by Gasteiger charge is -2.09. The van der Waals surface area contributed by atoms with Crippen molar-refractivity contribution in [2.45, 2.75) is 20.4 Å². The van der Waals surface area contributed by atoms with Gasteiger partial charge < -0.3 is 10.1 Å². The minimum atomic E-state index is -0.371.